The Balaban J connectivity index is 1.49. The molecule has 2 aliphatic heterocycles. The largest absolute Gasteiger partial charge is 0.383 e. The average molecular weight is 358 g/mol. The van der Waals surface area contributed by atoms with Crippen LogP contribution in [0.2, 0.25) is 0 Å². The van der Waals surface area contributed by atoms with Gasteiger partial charge in [-0.25, -0.2) is 5.01 Å². The Morgan fingerprint density at radius 1 is 1.19 bits per heavy atom. The summed E-state index contributed by atoms with van der Waals surface area (Å²) in [5, 5.41) is 4.23. The molecule has 26 heavy (non-hydrogen) atoms. The lowest BCUT2D eigenvalue weighted by atomic mass is 10.0. The number of nitrogens with zero attached hydrogens (tertiary/aromatic N) is 2. The fraction of sp³-hybridized carbons (Fsp3) is 0.571. The molecule has 0 aliphatic carbocycles. The van der Waals surface area contributed by atoms with Gasteiger partial charge >= 0.3 is 0 Å². The molecule has 2 aliphatic rings. The molecule has 5 nitrogen and oxygen atoms in total. The molecule has 2 atom stereocenters. The molecule has 0 N–H and O–H groups in total. The Bertz CT molecular complexity index is 590. The van der Waals surface area contributed by atoms with Gasteiger partial charge in [0.2, 0.25) is 0 Å². The minimum atomic E-state index is 0.106. The number of carbonyl (C=O) groups excluding carboxylic acids is 1. The Morgan fingerprint density at radius 2 is 2.04 bits per heavy atom. The van der Waals surface area contributed by atoms with E-state index in [2.05, 4.69) is 17.1 Å². The second-order valence-electron chi connectivity index (χ2n) is 7.07. The van der Waals surface area contributed by atoms with Gasteiger partial charge in [0.1, 0.15) is 0 Å². The number of hydrogen-bond acceptors (Lipinski definition) is 4. The molecule has 1 aromatic rings. The zero-order chi connectivity index (χ0) is 18.2. The highest BCUT2D eigenvalue weighted by Crippen LogP contribution is 2.27. The Hall–Kier alpha value is -1.69. The monoisotopic (exact) mass is 358 g/mol. The van der Waals surface area contributed by atoms with Crippen molar-refractivity contribution in [1.82, 2.24) is 10.0 Å². The molecule has 1 amide bonds. The van der Waals surface area contributed by atoms with Crippen LogP contribution in [0.5, 0.6) is 0 Å². The molecule has 0 saturated carbocycles. The fourth-order valence-corrected chi connectivity index (χ4v) is 3.91. The van der Waals surface area contributed by atoms with Crippen molar-refractivity contribution in [2.24, 2.45) is 0 Å². The first-order chi connectivity index (χ1) is 12.8. The van der Waals surface area contributed by atoms with Gasteiger partial charge in [-0.3, -0.25) is 9.80 Å². The summed E-state index contributed by atoms with van der Waals surface area (Å²) in [5.41, 5.74) is 1.20. The molecular formula is C21H30N2O3. The third-order valence-electron chi connectivity index (χ3n) is 5.16. The molecule has 142 valence electrons. The van der Waals surface area contributed by atoms with Crippen LogP contribution < -0.4 is 0 Å². The number of benzene rings is 1. The summed E-state index contributed by atoms with van der Waals surface area (Å²) in [5.74, 6) is 0.106. The van der Waals surface area contributed by atoms with E-state index in [4.69, 9.17) is 9.47 Å². The number of hydrazine groups is 1. The molecular weight excluding hydrogens is 328 g/mol. The van der Waals surface area contributed by atoms with Crippen molar-refractivity contribution in [2.75, 3.05) is 26.9 Å². The molecule has 1 saturated heterocycles. The molecule has 1 fully saturated rings. The SMILES string of the molecule is COC[C@@H]1CCCN1N1C(=O)C=CC[C@@H]1CCCOCc1ccccc1. The van der Waals surface area contributed by atoms with E-state index >= 15 is 0 Å². The Kier molecular flexibility index (Phi) is 7.23. The lowest BCUT2D eigenvalue weighted by Crippen LogP contribution is -2.55. The number of ether oxygens (including phenoxy) is 2. The summed E-state index contributed by atoms with van der Waals surface area (Å²) in [6.45, 7) is 2.99. The van der Waals surface area contributed by atoms with Crippen molar-refractivity contribution in [3.63, 3.8) is 0 Å². The predicted molar refractivity (Wildman–Crippen MR) is 101 cm³/mol. The third-order valence-corrected chi connectivity index (χ3v) is 5.16. The molecule has 0 radical (unpaired) electrons. The Morgan fingerprint density at radius 3 is 2.85 bits per heavy atom. The average Bonchev–Trinajstić information content (AvgIpc) is 3.10. The maximum absolute atomic E-state index is 12.5. The molecule has 3 rings (SSSR count). The van der Waals surface area contributed by atoms with Gasteiger partial charge in [0.25, 0.3) is 5.91 Å². The molecule has 0 aromatic heterocycles. The number of methoxy groups -OCH3 is 1. The lowest BCUT2D eigenvalue weighted by Gasteiger charge is -2.42. The number of carbonyl (C=O) groups is 1. The Labute approximate surface area is 156 Å². The van der Waals surface area contributed by atoms with Crippen LogP contribution in [-0.4, -0.2) is 54.9 Å². The van der Waals surface area contributed by atoms with Crippen molar-refractivity contribution in [2.45, 2.75) is 50.8 Å². The summed E-state index contributed by atoms with van der Waals surface area (Å²) >= 11 is 0. The molecule has 0 bridgehead atoms. The van der Waals surface area contributed by atoms with E-state index in [-0.39, 0.29) is 11.9 Å². The fourth-order valence-electron chi connectivity index (χ4n) is 3.91. The molecule has 2 heterocycles. The second-order valence-corrected chi connectivity index (χ2v) is 7.07. The van der Waals surface area contributed by atoms with Gasteiger partial charge < -0.3 is 9.47 Å². The van der Waals surface area contributed by atoms with Gasteiger partial charge in [0.15, 0.2) is 0 Å². The van der Waals surface area contributed by atoms with Crippen molar-refractivity contribution in [3.8, 4) is 0 Å². The quantitative estimate of drug-likeness (QED) is 0.636. The maximum atomic E-state index is 12.5. The van der Waals surface area contributed by atoms with Gasteiger partial charge in [0.05, 0.1) is 25.3 Å². The number of amides is 1. The molecule has 1 aromatic carbocycles. The first-order valence-electron chi connectivity index (χ1n) is 9.66. The predicted octanol–water partition coefficient (Wildman–Crippen LogP) is 3.17. The highest BCUT2D eigenvalue weighted by molar-refractivity contribution is 5.88. The van der Waals surface area contributed by atoms with Crippen LogP contribution in [0.4, 0.5) is 0 Å². The summed E-state index contributed by atoms with van der Waals surface area (Å²) < 4.78 is 11.2. The van der Waals surface area contributed by atoms with E-state index in [1.807, 2.05) is 29.3 Å². The van der Waals surface area contributed by atoms with Crippen molar-refractivity contribution < 1.29 is 14.3 Å². The first-order valence-corrected chi connectivity index (χ1v) is 9.66. The minimum Gasteiger partial charge on any atom is -0.383 e. The van der Waals surface area contributed by atoms with E-state index < -0.39 is 0 Å². The van der Waals surface area contributed by atoms with E-state index in [1.54, 1.807) is 13.2 Å². The maximum Gasteiger partial charge on any atom is 0.260 e. The summed E-state index contributed by atoms with van der Waals surface area (Å²) in [4.78, 5) is 12.5. The van der Waals surface area contributed by atoms with Crippen LogP contribution in [0, 0.1) is 0 Å². The van der Waals surface area contributed by atoms with Gasteiger partial charge in [-0.05, 0) is 37.7 Å². The van der Waals surface area contributed by atoms with Gasteiger partial charge in [-0.2, -0.15) is 0 Å². The van der Waals surface area contributed by atoms with E-state index in [0.717, 1.165) is 45.3 Å². The zero-order valence-electron chi connectivity index (χ0n) is 15.7. The summed E-state index contributed by atoms with van der Waals surface area (Å²) in [6.07, 6.45) is 8.77. The number of hydrogen-bond donors (Lipinski definition) is 0. The molecule has 0 unspecified atom stereocenters. The standard InChI is InChI=1S/C21H30N2O3/c1-25-17-20-11-6-14-22(20)23-19(10-5-13-21(23)24)12-7-15-26-16-18-8-3-2-4-9-18/h2-5,8-9,13,19-20H,6-7,10-12,14-17H2,1H3/t19-,20+/m1/s1. The van der Waals surface area contributed by atoms with Crippen LogP contribution in [0.15, 0.2) is 42.5 Å². The smallest absolute Gasteiger partial charge is 0.260 e. The van der Waals surface area contributed by atoms with Crippen molar-refractivity contribution >= 4 is 5.91 Å². The minimum absolute atomic E-state index is 0.106. The highest BCUT2D eigenvalue weighted by atomic mass is 16.5. The first kappa shape index (κ1) is 19.1. The van der Waals surface area contributed by atoms with Crippen molar-refractivity contribution in [1.29, 1.82) is 0 Å². The van der Waals surface area contributed by atoms with Crippen LogP contribution >= 0.6 is 0 Å². The third kappa shape index (κ3) is 4.93. The van der Waals surface area contributed by atoms with E-state index in [9.17, 15) is 4.79 Å². The van der Waals surface area contributed by atoms with Gasteiger partial charge in [-0.15, -0.1) is 0 Å². The topological polar surface area (TPSA) is 42.0 Å². The van der Waals surface area contributed by atoms with E-state index in [0.29, 0.717) is 19.3 Å². The van der Waals surface area contributed by atoms with Crippen LogP contribution in [0.1, 0.15) is 37.7 Å². The normalized spacial score (nSPS) is 23.7. The lowest BCUT2D eigenvalue weighted by molar-refractivity contribution is -0.156. The molecule has 0 spiro atoms. The van der Waals surface area contributed by atoms with Crippen LogP contribution in [-0.2, 0) is 20.9 Å². The van der Waals surface area contributed by atoms with E-state index in [1.165, 1.54) is 5.56 Å². The van der Waals surface area contributed by atoms with Crippen molar-refractivity contribution in [3.05, 3.63) is 48.0 Å². The molecule has 5 heteroatoms. The highest BCUT2D eigenvalue weighted by Gasteiger charge is 2.36. The van der Waals surface area contributed by atoms with Gasteiger partial charge in [0, 0.05) is 26.3 Å². The zero-order valence-corrected chi connectivity index (χ0v) is 15.7. The summed E-state index contributed by atoms with van der Waals surface area (Å²) in [7, 11) is 1.73. The number of rotatable bonds is 9. The van der Waals surface area contributed by atoms with Crippen LogP contribution in [0.3, 0.4) is 0 Å². The summed E-state index contributed by atoms with van der Waals surface area (Å²) in [6, 6.07) is 10.8. The van der Waals surface area contributed by atoms with Crippen LogP contribution in [0.25, 0.3) is 0 Å². The van der Waals surface area contributed by atoms with Gasteiger partial charge in [-0.1, -0.05) is 36.4 Å². The second kappa shape index (κ2) is 9.86.